The monoisotopic (exact) mass is 223 g/mol. The fourth-order valence-electron chi connectivity index (χ4n) is 0.872. The van der Waals surface area contributed by atoms with Crippen LogP contribution in [-0.2, 0) is 9.36 Å². The zero-order valence-electron chi connectivity index (χ0n) is 7.75. The van der Waals surface area contributed by atoms with Gasteiger partial charge in [-0.25, -0.2) is 0 Å². The summed E-state index contributed by atoms with van der Waals surface area (Å²) >= 11 is 0. The first-order valence-electron chi connectivity index (χ1n) is 3.98. The zero-order chi connectivity index (χ0) is 11.4. The summed E-state index contributed by atoms with van der Waals surface area (Å²) in [5, 5.41) is 8.46. The number of carboxylic acid groups (broad SMARTS) is 1. The lowest BCUT2D eigenvalue weighted by Crippen LogP contribution is -2.28. The third-order valence-corrected chi connectivity index (χ3v) is 2.38. The van der Waals surface area contributed by atoms with Crippen molar-refractivity contribution in [1.29, 1.82) is 0 Å². The van der Waals surface area contributed by atoms with E-state index in [4.69, 9.17) is 20.6 Å². The quantitative estimate of drug-likeness (QED) is 0.382. The molecule has 0 amide bonds. The molecule has 0 aliphatic heterocycles. The van der Waals surface area contributed by atoms with E-state index < -0.39 is 25.8 Å². The van der Waals surface area contributed by atoms with Gasteiger partial charge in [-0.3, -0.25) is 9.36 Å². The minimum absolute atomic E-state index is 0.355. The summed E-state index contributed by atoms with van der Waals surface area (Å²) in [6.45, 7) is 1.68. The number of nitrogens with two attached hydrogens (primary N) is 1. The molecule has 0 fully saturated rings. The van der Waals surface area contributed by atoms with Crippen LogP contribution >= 0.6 is 7.60 Å². The fourth-order valence-corrected chi connectivity index (χ4v) is 1.73. The molecule has 0 spiro atoms. The van der Waals surface area contributed by atoms with E-state index in [0.29, 0.717) is 12.0 Å². The molecule has 5 N–H and O–H groups in total. The van der Waals surface area contributed by atoms with E-state index in [1.165, 1.54) is 6.08 Å². The van der Waals surface area contributed by atoms with Gasteiger partial charge >= 0.3 is 13.6 Å². The first-order valence-corrected chi connectivity index (χ1v) is 5.78. The van der Waals surface area contributed by atoms with Crippen molar-refractivity contribution in [2.45, 2.75) is 19.4 Å². The molecule has 0 aromatic heterocycles. The van der Waals surface area contributed by atoms with Crippen LogP contribution in [0.4, 0.5) is 0 Å². The van der Waals surface area contributed by atoms with Gasteiger partial charge in [0.05, 0.1) is 6.16 Å². The number of aliphatic carboxylic acids is 1. The zero-order valence-corrected chi connectivity index (χ0v) is 8.65. The SMILES string of the molecule is CC/C(=C\C(N)C(=O)O)CP(=O)(O)O. The van der Waals surface area contributed by atoms with Gasteiger partial charge in [0.15, 0.2) is 0 Å². The molecule has 7 heteroatoms. The highest BCUT2D eigenvalue weighted by Gasteiger charge is 2.17. The maximum absolute atomic E-state index is 10.6. The smallest absolute Gasteiger partial charge is 0.329 e. The molecule has 0 aliphatic carbocycles. The summed E-state index contributed by atoms with van der Waals surface area (Å²) in [6, 6.07) is -1.21. The Kier molecular flexibility index (Phi) is 5.01. The molecule has 82 valence electrons. The number of hydrogen-bond donors (Lipinski definition) is 4. The standard InChI is InChI=1S/C7H14NO5P/c1-2-5(4-14(11,12)13)3-6(8)7(9)10/h3,6H,2,4,8H2,1H3,(H,9,10)(H2,11,12,13)/b5-3+. The maximum Gasteiger partial charge on any atom is 0.329 e. The molecular weight excluding hydrogens is 209 g/mol. The van der Waals surface area contributed by atoms with E-state index in [1.807, 2.05) is 0 Å². The van der Waals surface area contributed by atoms with Gasteiger partial charge in [-0.05, 0) is 6.42 Å². The topological polar surface area (TPSA) is 121 Å². The van der Waals surface area contributed by atoms with Crippen LogP contribution in [-0.4, -0.2) is 33.1 Å². The Labute approximate surface area is 81.6 Å². The molecule has 0 bridgehead atoms. The van der Waals surface area contributed by atoms with Crippen LogP contribution in [0.2, 0.25) is 0 Å². The molecule has 0 rings (SSSR count). The molecule has 0 saturated heterocycles. The van der Waals surface area contributed by atoms with Crippen LogP contribution in [0.25, 0.3) is 0 Å². The second-order valence-electron chi connectivity index (χ2n) is 2.87. The Morgan fingerprint density at radius 1 is 1.57 bits per heavy atom. The van der Waals surface area contributed by atoms with Crippen molar-refractivity contribution >= 4 is 13.6 Å². The van der Waals surface area contributed by atoms with Crippen LogP contribution in [0.3, 0.4) is 0 Å². The van der Waals surface area contributed by atoms with E-state index in [9.17, 15) is 9.36 Å². The average molecular weight is 223 g/mol. The van der Waals surface area contributed by atoms with Crippen LogP contribution < -0.4 is 5.73 Å². The van der Waals surface area contributed by atoms with Crippen molar-refractivity contribution in [3.8, 4) is 0 Å². The second kappa shape index (κ2) is 5.26. The van der Waals surface area contributed by atoms with E-state index in [1.54, 1.807) is 6.92 Å². The molecule has 0 aliphatic rings. The van der Waals surface area contributed by atoms with Crippen LogP contribution in [0, 0.1) is 0 Å². The van der Waals surface area contributed by atoms with Crippen molar-refractivity contribution in [1.82, 2.24) is 0 Å². The first kappa shape index (κ1) is 13.3. The number of carboxylic acids is 1. The fraction of sp³-hybridized carbons (Fsp3) is 0.571. The molecule has 0 saturated carbocycles. The minimum Gasteiger partial charge on any atom is -0.480 e. The van der Waals surface area contributed by atoms with Crippen molar-refractivity contribution in [3.05, 3.63) is 11.6 Å². The summed E-state index contributed by atoms with van der Waals surface area (Å²) in [6.07, 6.45) is 1.10. The molecule has 6 nitrogen and oxygen atoms in total. The summed E-state index contributed by atoms with van der Waals surface area (Å²) in [7, 11) is -4.14. The third-order valence-electron chi connectivity index (χ3n) is 1.56. The van der Waals surface area contributed by atoms with E-state index in [2.05, 4.69) is 0 Å². The lowest BCUT2D eigenvalue weighted by atomic mass is 10.1. The number of allylic oxidation sites excluding steroid dienone is 1. The van der Waals surface area contributed by atoms with E-state index in [0.717, 1.165) is 0 Å². The summed E-state index contributed by atoms with van der Waals surface area (Å²) in [5.41, 5.74) is 5.54. The lowest BCUT2D eigenvalue weighted by molar-refractivity contribution is -0.137. The molecule has 1 unspecified atom stereocenters. The molecule has 0 aromatic rings. The van der Waals surface area contributed by atoms with Gasteiger partial charge < -0.3 is 20.6 Å². The molecular formula is C7H14NO5P. The Morgan fingerprint density at radius 2 is 2.07 bits per heavy atom. The predicted octanol–water partition coefficient (Wildman–Crippen LogP) is -0.0876. The molecule has 0 aromatic carbocycles. The Balaban J connectivity index is 4.56. The Morgan fingerprint density at radius 3 is 2.36 bits per heavy atom. The number of carbonyl (C=O) groups is 1. The Bertz CT molecular complexity index is 282. The third kappa shape index (κ3) is 5.88. The van der Waals surface area contributed by atoms with Gasteiger partial charge in [0.25, 0.3) is 0 Å². The summed E-state index contributed by atoms with van der Waals surface area (Å²) in [4.78, 5) is 27.7. The molecule has 0 heterocycles. The van der Waals surface area contributed by atoms with Crippen molar-refractivity contribution in [3.63, 3.8) is 0 Å². The highest BCUT2D eigenvalue weighted by atomic mass is 31.2. The van der Waals surface area contributed by atoms with Crippen LogP contribution in [0.15, 0.2) is 11.6 Å². The lowest BCUT2D eigenvalue weighted by Gasteiger charge is -2.08. The highest BCUT2D eigenvalue weighted by molar-refractivity contribution is 7.52. The minimum atomic E-state index is -4.14. The molecule has 1 atom stereocenters. The summed E-state index contributed by atoms with van der Waals surface area (Å²) in [5.74, 6) is -1.22. The predicted molar refractivity (Wildman–Crippen MR) is 50.9 cm³/mol. The van der Waals surface area contributed by atoms with Gasteiger partial charge in [0, 0.05) is 0 Å². The number of hydrogen-bond acceptors (Lipinski definition) is 3. The van der Waals surface area contributed by atoms with Gasteiger partial charge in [-0.1, -0.05) is 18.6 Å². The molecule has 14 heavy (non-hydrogen) atoms. The average Bonchev–Trinajstić information content (AvgIpc) is 2.00. The molecule has 0 radical (unpaired) electrons. The summed E-state index contributed by atoms with van der Waals surface area (Å²) < 4.78 is 10.6. The van der Waals surface area contributed by atoms with E-state index in [-0.39, 0.29) is 0 Å². The normalized spacial score (nSPS) is 15.3. The Hall–Kier alpha value is -0.680. The highest BCUT2D eigenvalue weighted by Crippen LogP contribution is 2.37. The van der Waals surface area contributed by atoms with Crippen molar-refractivity contribution in [2.24, 2.45) is 5.73 Å². The van der Waals surface area contributed by atoms with Gasteiger partial charge in [-0.2, -0.15) is 0 Å². The van der Waals surface area contributed by atoms with Crippen LogP contribution in [0.1, 0.15) is 13.3 Å². The number of rotatable bonds is 5. The van der Waals surface area contributed by atoms with E-state index >= 15 is 0 Å². The first-order chi connectivity index (χ1) is 6.26. The van der Waals surface area contributed by atoms with Crippen molar-refractivity contribution in [2.75, 3.05) is 6.16 Å². The van der Waals surface area contributed by atoms with Gasteiger partial charge in [0.1, 0.15) is 6.04 Å². The second-order valence-corrected chi connectivity index (χ2v) is 4.51. The van der Waals surface area contributed by atoms with Crippen molar-refractivity contribution < 1.29 is 24.3 Å². The largest absolute Gasteiger partial charge is 0.480 e. The van der Waals surface area contributed by atoms with Gasteiger partial charge in [0.2, 0.25) is 0 Å². The van der Waals surface area contributed by atoms with Gasteiger partial charge in [-0.15, -0.1) is 0 Å². The van der Waals surface area contributed by atoms with Crippen LogP contribution in [0.5, 0.6) is 0 Å². The maximum atomic E-state index is 10.6.